The molecule has 0 atom stereocenters. The second-order valence-corrected chi connectivity index (χ2v) is 6.85. The first-order valence-electron chi connectivity index (χ1n) is 10.6. The Morgan fingerprint density at radius 1 is 0.618 bits per heavy atom. The number of ether oxygens (including phenoxy) is 3. The van der Waals surface area contributed by atoms with Crippen molar-refractivity contribution >= 4 is 41.1 Å². The highest BCUT2D eigenvalue weighted by Crippen LogP contribution is 2.12. The summed E-state index contributed by atoms with van der Waals surface area (Å²) in [4.78, 5) is 59.0. The Bertz CT molecular complexity index is 935. The van der Waals surface area contributed by atoms with E-state index in [1.165, 1.54) is 36.4 Å². The van der Waals surface area contributed by atoms with E-state index in [1.807, 2.05) is 0 Å². The van der Waals surface area contributed by atoms with Crippen LogP contribution in [0, 0.1) is 0 Å². The predicted octanol–water partition coefficient (Wildman–Crippen LogP) is 2.94. The molecule has 10 heteroatoms. The van der Waals surface area contributed by atoms with Gasteiger partial charge in [-0.2, -0.15) is 0 Å². The van der Waals surface area contributed by atoms with Gasteiger partial charge in [-0.05, 0) is 62.4 Å². The molecule has 0 saturated carbocycles. The van der Waals surface area contributed by atoms with Crippen molar-refractivity contribution < 1.29 is 38.2 Å². The molecule has 10 nitrogen and oxygen atoms in total. The van der Waals surface area contributed by atoms with Crippen LogP contribution >= 0.6 is 0 Å². The zero-order valence-corrected chi connectivity index (χ0v) is 18.9. The minimum absolute atomic E-state index is 0.143. The van der Waals surface area contributed by atoms with Crippen LogP contribution in [0.25, 0.3) is 0 Å². The molecule has 2 aromatic carbocycles. The summed E-state index contributed by atoms with van der Waals surface area (Å²) in [5.74, 6) is -2.62. The average molecular weight is 470 g/mol. The van der Waals surface area contributed by atoms with Gasteiger partial charge in [0.05, 0.1) is 30.8 Å². The molecule has 0 heterocycles. The molecule has 2 aromatic rings. The number of anilines is 2. The van der Waals surface area contributed by atoms with Crippen molar-refractivity contribution in [1.82, 2.24) is 0 Å². The molecule has 34 heavy (non-hydrogen) atoms. The summed E-state index contributed by atoms with van der Waals surface area (Å²) in [6, 6.07) is 12.2. The van der Waals surface area contributed by atoms with E-state index < -0.39 is 36.3 Å². The van der Waals surface area contributed by atoms with E-state index in [0.29, 0.717) is 22.5 Å². The summed E-state index contributed by atoms with van der Waals surface area (Å²) >= 11 is 0. The molecular formula is C24H26N2O8. The van der Waals surface area contributed by atoms with Gasteiger partial charge in [-0.3, -0.25) is 14.4 Å². The van der Waals surface area contributed by atoms with Gasteiger partial charge in [0.1, 0.15) is 0 Å². The largest absolute Gasteiger partial charge is 0.462 e. The van der Waals surface area contributed by atoms with Gasteiger partial charge in [0.25, 0.3) is 5.91 Å². The Morgan fingerprint density at radius 2 is 1.06 bits per heavy atom. The molecule has 2 N–H and O–H groups in total. The van der Waals surface area contributed by atoms with Crippen LogP contribution in [0.4, 0.5) is 11.4 Å². The summed E-state index contributed by atoms with van der Waals surface area (Å²) < 4.78 is 14.6. The van der Waals surface area contributed by atoms with Crippen molar-refractivity contribution in [3.8, 4) is 0 Å². The van der Waals surface area contributed by atoms with Crippen molar-refractivity contribution in [3.63, 3.8) is 0 Å². The molecule has 0 aromatic heterocycles. The Hall–Kier alpha value is -4.21. The highest BCUT2D eigenvalue weighted by atomic mass is 16.5. The van der Waals surface area contributed by atoms with Gasteiger partial charge in [-0.1, -0.05) is 0 Å². The second-order valence-electron chi connectivity index (χ2n) is 6.85. The molecule has 2 amide bonds. The average Bonchev–Trinajstić information content (AvgIpc) is 2.82. The van der Waals surface area contributed by atoms with E-state index in [2.05, 4.69) is 10.6 Å². The third-order valence-corrected chi connectivity index (χ3v) is 4.28. The Balaban J connectivity index is 1.69. The molecule has 0 unspecified atom stereocenters. The van der Waals surface area contributed by atoms with Crippen LogP contribution in [0.5, 0.6) is 0 Å². The lowest BCUT2D eigenvalue weighted by Gasteiger charge is -2.08. The highest BCUT2D eigenvalue weighted by Gasteiger charge is 2.12. The first-order valence-corrected chi connectivity index (χ1v) is 10.6. The Kier molecular flexibility index (Phi) is 10.2. The van der Waals surface area contributed by atoms with Crippen molar-refractivity contribution in [2.45, 2.75) is 26.7 Å². The molecule has 0 aliphatic carbocycles. The van der Waals surface area contributed by atoms with Gasteiger partial charge in [-0.25, -0.2) is 9.59 Å². The smallest absolute Gasteiger partial charge is 0.338 e. The minimum atomic E-state index is -0.708. The monoisotopic (exact) mass is 470 g/mol. The molecule has 0 fully saturated rings. The van der Waals surface area contributed by atoms with Gasteiger partial charge in [-0.15, -0.1) is 0 Å². The molecule has 0 aliphatic rings. The van der Waals surface area contributed by atoms with Gasteiger partial charge >= 0.3 is 17.9 Å². The van der Waals surface area contributed by atoms with E-state index in [-0.39, 0.29) is 26.1 Å². The standard InChI is InChI=1S/C24H26N2O8/c1-3-32-23(30)16-5-9-18(10-6-16)25-20(27)13-14-22(29)34-15-21(28)26-19-11-7-17(8-12-19)24(31)33-4-2/h5-12H,3-4,13-15H2,1-2H3,(H,25,27)(H,26,28). The molecule has 0 saturated heterocycles. The van der Waals surface area contributed by atoms with Gasteiger partial charge in [0, 0.05) is 17.8 Å². The maximum atomic E-state index is 12.0. The number of esters is 3. The molecule has 0 bridgehead atoms. The summed E-state index contributed by atoms with van der Waals surface area (Å²) in [6.45, 7) is 3.41. The SMILES string of the molecule is CCOC(=O)c1ccc(NC(=O)CCC(=O)OCC(=O)Nc2ccc(C(=O)OCC)cc2)cc1. The van der Waals surface area contributed by atoms with Crippen LogP contribution in [0.1, 0.15) is 47.4 Å². The summed E-state index contributed by atoms with van der Waals surface area (Å²) in [6.07, 6.45) is -0.357. The van der Waals surface area contributed by atoms with Crippen molar-refractivity contribution in [2.24, 2.45) is 0 Å². The van der Waals surface area contributed by atoms with Crippen LogP contribution in [0.3, 0.4) is 0 Å². The lowest BCUT2D eigenvalue weighted by atomic mass is 10.2. The fourth-order valence-corrected chi connectivity index (χ4v) is 2.66. The minimum Gasteiger partial charge on any atom is -0.462 e. The van der Waals surface area contributed by atoms with E-state index in [1.54, 1.807) is 26.0 Å². The molecule has 0 aliphatic heterocycles. The summed E-state index contributed by atoms with van der Waals surface area (Å²) in [7, 11) is 0. The van der Waals surface area contributed by atoms with E-state index in [4.69, 9.17) is 14.2 Å². The van der Waals surface area contributed by atoms with Crippen molar-refractivity contribution in [1.29, 1.82) is 0 Å². The number of benzene rings is 2. The summed E-state index contributed by atoms with van der Waals surface area (Å²) in [5, 5.41) is 5.14. The number of hydrogen-bond acceptors (Lipinski definition) is 8. The fourth-order valence-electron chi connectivity index (χ4n) is 2.66. The first-order chi connectivity index (χ1) is 16.3. The van der Waals surface area contributed by atoms with E-state index in [0.717, 1.165) is 0 Å². The molecular weight excluding hydrogens is 444 g/mol. The maximum absolute atomic E-state index is 12.0. The predicted molar refractivity (Wildman–Crippen MR) is 122 cm³/mol. The first kappa shape index (κ1) is 26.0. The van der Waals surface area contributed by atoms with Crippen molar-refractivity contribution in [2.75, 3.05) is 30.5 Å². The van der Waals surface area contributed by atoms with Crippen LogP contribution in [-0.4, -0.2) is 49.5 Å². The third-order valence-electron chi connectivity index (χ3n) is 4.28. The van der Waals surface area contributed by atoms with Gasteiger partial charge in [0.2, 0.25) is 5.91 Å². The Morgan fingerprint density at radius 3 is 1.50 bits per heavy atom. The molecule has 2 rings (SSSR count). The number of amides is 2. The number of rotatable bonds is 11. The van der Waals surface area contributed by atoms with Crippen LogP contribution in [-0.2, 0) is 28.6 Å². The third kappa shape index (κ3) is 8.73. The van der Waals surface area contributed by atoms with Gasteiger partial charge < -0.3 is 24.8 Å². The van der Waals surface area contributed by atoms with Crippen LogP contribution < -0.4 is 10.6 Å². The topological polar surface area (TPSA) is 137 Å². The van der Waals surface area contributed by atoms with Crippen LogP contribution in [0.2, 0.25) is 0 Å². The molecule has 0 radical (unpaired) electrons. The number of nitrogens with one attached hydrogen (secondary N) is 2. The quantitative estimate of drug-likeness (QED) is 0.378. The zero-order valence-electron chi connectivity index (χ0n) is 18.9. The second kappa shape index (κ2) is 13.4. The maximum Gasteiger partial charge on any atom is 0.338 e. The lowest BCUT2D eigenvalue weighted by molar-refractivity contribution is -0.147. The number of hydrogen-bond donors (Lipinski definition) is 2. The number of carbonyl (C=O) groups excluding carboxylic acids is 5. The highest BCUT2D eigenvalue weighted by molar-refractivity contribution is 5.96. The molecule has 0 spiro atoms. The molecule has 180 valence electrons. The normalized spacial score (nSPS) is 10.1. The van der Waals surface area contributed by atoms with Gasteiger partial charge in [0.15, 0.2) is 6.61 Å². The Labute approximate surface area is 196 Å². The fraction of sp³-hybridized carbons (Fsp3) is 0.292. The van der Waals surface area contributed by atoms with Crippen molar-refractivity contribution in [3.05, 3.63) is 59.7 Å². The van der Waals surface area contributed by atoms with Crippen LogP contribution in [0.15, 0.2) is 48.5 Å². The van der Waals surface area contributed by atoms with E-state index >= 15 is 0 Å². The zero-order chi connectivity index (χ0) is 24.9. The number of carbonyl (C=O) groups is 5. The van der Waals surface area contributed by atoms with E-state index in [9.17, 15) is 24.0 Å². The lowest BCUT2D eigenvalue weighted by Crippen LogP contribution is -2.21. The summed E-state index contributed by atoms with van der Waals surface area (Å²) in [5.41, 5.74) is 1.58.